The molecule has 1 N–H and O–H groups in total. The molecular formula is C18H24N2O2. The Morgan fingerprint density at radius 1 is 1.41 bits per heavy atom. The Labute approximate surface area is 132 Å². The molecule has 1 atom stereocenters. The topological polar surface area (TPSA) is 41.6 Å². The largest absolute Gasteiger partial charge is 0.490 e. The van der Waals surface area contributed by atoms with E-state index in [1.807, 2.05) is 37.3 Å². The Morgan fingerprint density at radius 3 is 2.77 bits per heavy atom. The second-order valence-corrected chi connectivity index (χ2v) is 5.31. The molecule has 0 amide bonds. The highest BCUT2D eigenvalue weighted by molar-refractivity contribution is 6.01. The average Bonchev–Trinajstić information content (AvgIpc) is 2.55. The summed E-state index contributed by atoms with van der Waals surface area (Å²) in [5, 5.41) is 3.27. The third kappa shape index (κ3) is 3.57. The third-order valence-electron chi connectivity index (χ3n) is 3.80. The number of carbonyl (C=O) groups excluding carboxylic acids is 1. The van der Waals surface area contributed by atoms with Gasteiger partial charge >= 0.3 is 0 Å². The van der Waals surface area contributed by atoms with Crippen LogP contribution in [0.4, 0.5) is 5.69 Å². The van der Waals surface area contributed by atoms with Gasteiger partial charge in [-0.1, -0.05) is 19.1 Å². The van der Waals surface area contributed by atoms with Gasteiger partial charge in [0, 0.05) is 25.2 Å². The summed E-state index contributed by atoms with van der Waals surface area (Å²) in [5.41, 5.74) is 1.60. The molecule has 0 aliphatic carbocycles. The van der Waals surface area contributed by atoms with Crippen molar-refractivity contribution in [3.05, 3.63) is 49.1 Å². The first-order valence-electron chi connectivity index (χ1n) is 7.72. The van der Waals surface area contributed by atoms with E-state index in [1.165, 1.54) is 0 Å². The second-order valence-electron chi connectivity index (χ2n) is 5.31. The van der Waals surface area contributed by atoms with E-state index >= 15 is 0 Å². The molecule has 22 heavy (non-hydrogen) atoms. The van der Waals surface area contributed by atoms with Crippen molar-refractivity contribution in [2.75, 3.05) is 31.6 Å². The molecule has 0 saturated heterocycles. The molecule has 1 aliphatic rings. The Morgan fingerprint density at radius 2 is 2.14 bits per heavy atom. The highest BCUT2D eigenvalue weighted by atomic mass is 16.5. The summed E-state index contributed by atoms with van der Waals surface area (Å²) in [6, 6.07) is 5.43. The van der Waals surface area contributed by atoms with Crippen molar-refractivity contribution in [1.29, 1.82) is 0 Å². The molecular weight excluding hydrogens is 276 g/mol. The fraction of sp³-hybridized carbons (Fsp3) is 0.389. The number of anilines is 1. The first-order valence-corrected chi connectivity index (χ1v) is 7.72. The summed E-state index contributed by atoms with van der Waals surface area (Å²) in [4.78, 5) is 15.0. The molecule has 2 rings (SSSR count). The van der Waals surface area contributed by atoms with Crippen molar-refractivity contribution in [3.63, 3.8) is 0 Å². The molecule has 1 aliphatic heterocycles. The second kappa shape index (κ2) is 7.80. The number of nitrogens with one attached hydrogen (secondary N) is 1. The van der Waals surface area contributed by atoms with Crippen molar-refractivity contribution < 1.29 is 9.53 Å². The molecule has 0 spiro atoms. The normalized spacial score (nSPS) is 14.5. The lowest BCUT2D eigenvalue weighted by molar-refractivity contribution is 0.0842. The molecule has 1 unspecified atom stereocenters. The highest BCUT2D eigenvalue weighted by Gasteiger charge is 2.25. The van der Waals surface area contributed by atoms with Gasteiger partial charge in [0.1, 0.15) is 12.4 Å². The van der Waals surface area contributed by atoms with Gasteiger partial charge in [-0.05, 0) is 24.6 Å². The summed E-state index contributed by atoms with van der Waals surface area (Å²) >= 11 is 0. The van der Waals surface area contributed by atoms with Crippen molar-refractivity contribution >= 4 is 11.5 Å². The predicted molar refractivity (Wildman–Crippen MR) is 90.8 cm³/mol. The van der Waals surface area contributed by atoms with E-state index in [0.717, 1.165) is 24.4 Å². The number of carbonyl (C=O) groups is 1. The van der Waals surface area contributed by atoms with E-state index in [2.05, 4.69) is 23.4 Å². The monoisotopic (exact) mass is 300 g/mol. The molecule has 0 bridgehead atoms. The lowest BCUT2D eigenvalue weighted by Gasteiger charge is -2.28. The number of rotatable bonds is 8. The molecule has 0 saturated carbocycles. The SMILES string of the molecule is C=CCN(CC=C)C(CC)C(=O)c1ccc2c(c1)NCCO2. The van der Waals surface area contributed by atoms with Crippen LogP contribution in [-0.2, 0) is 0 Å². The molecule has 0 fully saturated rings. The molecule has 1 aromatic carbocycles. The van der Waals surface area contributed by atoms with Crippen molar-refractivity contribution in [2.45, 2.75) is 19.4 Å². The van der Waals surface area contributed by atoms with Crippen LogP contribution in [0.15, 0.2) is 43.5 Å². The quantitative estimate of drug-likeness (QED) is 0.591. The van der Waals surface area contributed by atoms with Crippen LogP contribution < -0.4 is 10.1 Å². The van der Waals surface area contributed by atoms with Crippen molar-refractivity contribution in [3.8, 4) is 5.75 Å². The Bertz CT molecular complexity index is 544. The standard InChI is InChI=1S/C18H24N2O2/c1-4-10-20(11-5-2)16(6-3)18(21)14-7-8-17-15(13-14)19-9-12-22-17/h4-5,7-8,13,16,19H,1-2,6,9-12H2,3H3. The van der Waals surface area contributed by atoms with Gasteiger partial charge in [-0.15, -0.1) is 13.2 Å². The van der Waals surface area contributed by atoms with E-state index in [-0.39, 0.29) is 11.8 Å². The summed E-state index contributed by atoms with van der Waals surface area (Å²) in [6.45, 7) is 12.3. The molecule has 1 aromatic rings. The van der Waals surface area contributed by atoms with E-state index < -0.39 is 0 Å². The van der Waals surface area contributed by atoms with Gasteiger partial charge in [-0.2, -0.15) is 0 Å². The number of nitrogens with zero attached hydrogens (tertiary/aromatic N) is 1. The first kappa shape index (κ1) is 16.3. The zero-order chi connectivity index (χ0) is 15.9. The van der Waals surface area contributed by atoms with Crippen LogP contribution >= 0.6 is 0 Å². The molecule has 4 nitrogen and oxygen atoms in total. The maximum absolute atomic E-state index is 12.9. The molecule has 1 heterocycles. The minimum atomic E-state index is -0.168. The van der Waals surface area contributed by atoms with Gasteiger partial charge < -0.3 is 10.1 Å². The molecule has 0 aromatic heterocycles. The van der Waals surface area contributed by atoms with Gasteiger partial charge in [0.05, 0.1) is 11.7 Å². The average molecular weight is 300 g/mol. The maximum Gasteiger partial charge on any atom is 0.180 e. The zero-order valence-corrected chi connectivity index (χ0v) is 13.2. The van der Waals surface area contributed by atoms with Crippen molar-refractivity contribution in [1.82, 2.24) is 4.90 Å². The Hall–Kier alpha value is -2.07. The van der Waals surface area contributed by atoms with E-state index in [0.29, 0.717) is 25.3 Å². The summed E-state index contributed by atoms with van der Waals surface area (Å²) < 4.78 is 5.56. The van der Waals surface area contributed by atoms with Crippen LogP contribution in [0.2, 0.25) is 0 Å². The number of hydrogen-bond acceptors (Lipinski definition) is 4. The first-order chi connectivity index (χ1) is 10.7. The summed E-state index contributed by atoms with van der Waals surface area (Å²) in [5.74, 6) is 0.936. The van der Waals surface area contributed by atoms with Crippen molar-refractivity contribution in [2.24, 2.45) is 0 Å². The van der Waals surface area contributed by atoms with Gasteiger partial charge in [-0.3, -0.25) is 9.69 Å². The van der Waals surface area contributed by atoms with E-state index in [9.17, 15) is 4.79 Å². The van der Waals surface area contributed by atoms with Crippen LogP contribution in [0, 0.1) is 0 Å². The number of fused-ring (bicyclic) bond motifs is 1. The van der Waals surface area contributed by atoms with Crippen LogP contribution in [0.1, 0.15) is 23.7 Å². The maximum atomic E-state index is 12.9. The van der Waals surface area contributed by atoms with E-state index in [1.54, 1.807) is 0 Å². The smallest absolute Gasteiger partial charge is 0.180 e. The number of benzene rings is 1. The minimum absolute atomic E-state index is 0.126. The number of Topliss-reactive ketones (excluding diaryl/α,β-unsaturated/α-hetero) is 1. The number of ketones is 1. The van der Waals surface area contributed by atoms with Crippen LogP contribution in [-0.4, -0.2) is 43.0 Å². The number of hydrogen-bond donors (Lipinski definition) is 1. The lowest BCUT2D eigenvalue weighted by Crippen LogP contribution is -2.41. The van der Waals surface area contributed by atoms with Gasteiger partial charge in [0.15, 0.2) is 5.78 Å². The summed E-state index contributed by atoms with van der Waals surface area (Å²) in [7, 11) is 0. The fourth-order valence-corrected chi connectivity index (χ4v) is 2.76. The highest BCUT2D eigenvalue weighted by Crippen LogP contribution is 2.29. The van der Waals surface area contributed by atoms with Gasteiger partial charge in [0.25, 0.3) is 0 Å². The number of ether oxygens (including phenoxy) is 1. The third-order valence-corrected chi connectivity index (χ3v) is 3.80. The predicted octanol–water partition coefficient (Wildman–Crippen LogP) is 3.13. The molecule has 4 heteroatoms. The molecule has 0 radical (unpaired) electrons. The zero-order valence-electron chi connectivity index (χ0n) is 13.2. The molecule has 118 valence electrons. The lowest BCUT2D eigenvalue weighted by atomic mass is 9.99. The van der Waals surface area contributed by atoms with Crippen LogP contribution in [0.5, 0.6) is 5.75 Å². The van der Waals surface area contributed by atoms with Crippen LogP contribution in [0.25, 0.3) is 0 Å². The fourth-order valence-electron chi connectivity index (χ4n) is 2.76. The summed E-state index contributed by atoms with van der Waals surface area (Å²) in [6.07, 6.45) is 4.39. The Balaban J connectivity index is 2.23. The van der Waals surface area contributed by atoms with E-state index in [4.69, 9.17) is 4.74 Å². The van der Waals surface area contributed by atoms with Gasteiger partial charge in [-0.25, -0.2) is 0 Å². The van der Waals surface area contributed by atoms with Gasteiger partial charge in [0.2, 0.25) is 0 Å². The Kier molecular flexibility index (Phi) is 5.78. The minimum Gasteiger partial charge on any atom is -0.490 e. The van der Waals surface area contributed by atoms with Crippen LogP contribution in [0.3, 0.4) is 0 Å².